The van der Waals surface area contributed by atoms with Crippen molar-refractivity contribution >= 4 is 46.5 Å². The number of aliphatic carboxylic acids is 1. The lowest BCUT2D eigenvalue weighted by molar-refractivity contribution is -0.143. The van der Waals surface area contributed by atoms with E-state index in [0.717, 1.165) is 10.9 Å². The summed E-state index contributed by atoms with van der Waals surface area (Å²) in [6.45, 7) is -0.427. The summed E-state index contributed by atoms with van der Waals surface area (Å²) in [4.78, 5) is 61.8. The van der Waals surface area contributed by atoms with Crippen LogP contribution in [0.1, 0.15) is 31.2 Å². The van der Waals surface area contributed by atoms with Gasteiger partial charge in [0.05, 0.1) is 12.6 Å². The van der Waals surface area contributed by atoms with Gasteiger partial charge in [-0.2, -0.15) is 0 Å². The molecule has 2 aromatic rings. The van der Waals surface area contributed by atoms with Crippen molar-refractivity contribution in [2.24, 2.45) is 38.7 Å². The maximum Gasteiger partial charge on any atom is 0.328 e. The van der Waals surface area contributed by atoms with Gasteiger partial charge < -0.3 is 59.8 Å². The zero-order valence-electron chi connectivity index (χ0n) is 23.7. The first-order valence-electron chi connectivity index (χ1n) is 13.6. The predicted octanol–water partition coefficient (Wildman–Crippen LogP) is -3.32. The number of nitrogens with one attached hydrogen (secondary N) is 4. The summed E-state index contributed by atoms with van der Waals surface area (Å²) in [5, 5.41) is 27.0. The van der Waals surface area contributed by atoms with Crippen LogP contribution < -0.4 is 44.6 Å². The lowest BCUT2D eigenvalue weighted by atomic mass is 10.0. The number of rotatable bonds is 18. The van der Waals surface area contributed by atoms with Gasteiger partial charge in [-0.1, -0.05) is 18.2 Å². The molecular formula is C26H41N11O6. The summed E-state index contributed by atoms with van der Waals surface area (Å²) in [5.74, 6) is -3.86. The molecule has 1 heterocycles. The number of nitrogens with two attached hydrogens (primary N) is 5. The standard InChI is InChI=1S/C26H41N11O6/c27-16(6-3-9-32-25(28)29)21(39)35-18(8-4-10-33-26(30)31)22(40)36-19(23(41)37-20(13-38)24(42)43)11-14-12-34-17-7-2-1-5-15(14)17/h1-2,5,7,12,16,18-20,34,38H,3-4,6,8-11,13,27H2,(H,35,39)(H,36,40)(H,37,41)(H,42,43)(H4,28,29,32)(H4,30,31,33). The van der Waals surface area contributed by atoms with Gasteiger partial charge in [0, 0.05) is 36.6 Å². The van der Waals surface area contributed by atoms with Crippen LogP contribution in [0.3, 0.4) is 0 Å². The molecule has 2 rings (SSSR count). The molecule has 1 aromatic heterocycles. The van der Waals surface area contributed by atoms with Gasteiger partial charge in [-0.25, -0.2) is 4.79 Å². The number of para-hydroxylation sites is 1. The van der Waals surface area contributed by atoms with Crippen LogP contribution in [0.4, 0.5) is 0 Å². The van der Waals surface area contributed by atoms with E-state index in [-0.39, 0.29) is 44.3 Å². The molecule has 43 heavy (non-hydrogen) atoms. The number of guanidine groups is 2. The molecule has 3 amide bonds. The Morgan fingerprint density at radius 1 is 0.814 bits per heavy atom. The van der Waals surface area contributed by atoms with Crippen molar-refractivity contribution in [2.75, 3.05) is 19.7 Å². The molecule has 1 aromatic carbocycles. The van der Waals surface area contributed by atoms with Crippen LogP contribution in [0.25, 0.3) is 10.9 Å². The third-order valence-electron chi connectivity index (χ3n) is 6.41. The Hall–Kier alpha value is -4.90. The molecule has 16 N–H and O–H groups in total. The summed E-state index contributed by atoms with van der Waals surface area (Å²) in [6.07, 6.45) is 2.67. The highest BCUT2D eigenvalue weighted by molar-refractivity contribution is 5.95. The normalized spacial score (nSPS) is 13.6. The first kappa shape index (κ1) is 34.3. The fraction of sp³-hybridized carbons (Fsp3) is 0.462. The quantitative estimate of drug-likeness (QED) is 0.0455. The van der Waals surface area contributed by atoms with Crippen LogP contribution in [-0.4, -0.2) is 94.7 Å². The summed E-state index contributed by atoms with van der Waals surface area (Å²) in [6, 6.07) is 2.31. The molecular weight excluding hydrogens is 562 g/mol. The summed E-state index contributed by atoms with van der Waals surface area (Å²) in [5.41, 5.74) is 28.8. The van der Waals surface area contributed by atoms with Crippen molar-refractivity contribution in [3.8, 4) is 0 Å². The molecule has 0 fully saturated rings. The Labute approximate surface area is 247 Å². The number of carbonyl (C=O) groups is 4. The molecule has 0 spiro atoms. The number of aliphatic imine (C=N–C) groups is 2. The molecule has 0 saturated heterocycles. The third kappa shape index (κ3) is 11.5. The van der Waals surface area contributed by atoms with Crippen LogP contribution in [0, 0.1) is 0 Å². The van der Waals surface area contributed by atoms with E-state index in [2.05, 4.69) is 30.9 Å². The van der Waals surface area contributed by atoms with E-state index in [1.165, 1.54) is 0 Å². The van der Waals surface area contributed by atoms with E-state index in [9.17, 15) is 29.4 Å². The molecule has 0 saturated carbocycles. The molecule has 236 valence electrons. The van der Waals surface area contributed by atoms with Crippen molar-refractivity contribution in [1.29, 1.82) is 0 Å². The van der Waals surface area contributed by atoms with Gasteiger partial charge in [0.1, 0.15) is 18.1 Å². The number of aliphatic hydroxyl groups excluding tert-OH is 1. The summed E-state index contributed by atoms with van der Waals surface area (Å²) < 4.78 is 0. The Bertz CT molecular complexity index is 1300. The van der Waals surface area contributed by atoms with E-state index >= 15 is 0 Å². The minimum Gasteiger partial charge on any atom is -0.480 e. The van der Waals surface area contributed by atoms with E-state index in [1.807, 2.05) is 24.3 Å². The molecule has 0 aliphatic carbocycles. The zero-order valence-corrected chi connectivity index (χ0v) is 23.7. The summed E-state index contributed by atoms with van der Waals surface area (Å²) in [7, 11) is 0. The van der Waals surface area contributed by atoms with Gasteiger partial charge in [-0.05, 0) is 37.3 Å². The number of benzene rings is 1. The molecule has 17 heteroatoms. The fourth-order valence-corrected chi connectivity index (χ4v) is 4.16. The molecule has 0 aliphatic rings. The van der Waals surface area contributed by atoms with Gasteiger partial charge in [-0.15, -0.1) is 0 Å². The van der Waals surface area contributed by atoms with Crippen molar-refractivity contribution in [2.45, 2.75) is 56.3 Å². The second-order valence-corrected chi connectivity index (χ2v) is 9.77. The molecule has 4 unspecified atom stereocenters. The van der Waals surface area contributed by atoms with Crippen molar-refractivity contribution < 1.29 is 29.4 Å². The Kier molecular flexibility index (Phi) is 13.7. The molecule has 0 bridgehead atoms. The smallest absolute Gasteiger partial charge is 0.328 e. The summed E-state index contributed by atoms with van der Waals surface area (Å²) >= 11 is 0. The van der Waals surface area contributed by atoms with Crippen LogP contribution in [0.5, 0.6) is 0 Å². The van der Waals surface area contributed by atoms with E-state index in [0.29, 0.717) is 18.4 Å². The van der Waals surface area contributed by atoms with E-state index in [4.69, 9.17) is 28.7 Å². The molecule has 17 nitrogen and oxygen atoms in total. The van der Waals surface area contributed by atoms with Crippen LogP contribution in [-0.2, 0) is 25.6 Å². The number of carbonyl (C=O) groups excluding carboxylic acids is 3. The van der Waals surface area contributed by atoms with Crippen LogP contribution >= 0.6 is 0 Å². The lowest BCUT2D eigenvalue weighted by Gasteiger charge is -2.25. The average Bonchev–Trinajstić information content (AvgIpc) is 3.37. The predicted molar refractivity (Wildman–Crippen MR) is 160 cm³/mol. The number of fused-ring (bicyclic) bond motifs is 1. The van der Waals surface area contributed by atoms with Crippen LogP contribution in [0.2, 0.25) is 0 Å². The lowest BCUT2D eigenvalue weighted by Crippen LogP contribution is -2.58. The topological polar surface area (TPSA) is 315 Å². The number of hydrogen-bond donors (Lipinski definition) is 11. The number of H-pyrrole nitrogens is 1. The Morgan fingerprint density at radius 3 is 1.98 bits per heavy atom. The number of aromatic nitrogens is 1. The second-order valence-electron chi connectivity index (χ2n) is 9.77. The van der Waals surface area contributed by atoms with Gasteiger partial charge in [-0.3, -0.25) is 24.4 Å². The average molecular weight is 604 g/mol. The number of carboxylic acids is 1. The minimum atomic E-state index is -1.60. The molecule has 4 atom stereocenters. The molecule has 0 radical (unpaired) electrons. The van der Waals surface area contributed by atoms with Gasteiger partial charge in [0.15, 0.2) is 11.9 Å². The van der Waals surface area contributed by atoms with Crippen molar-refractivity contribution in [1.82, 2.24) is 20.9 Å². The third-order valence-corrected chi connectivity index (χ3v) is 6.41. The van der Waals surface area contributed by atoms with E-state index in [1.54, 1.807) is 6.20 Å². The van der Waals surface area contributed by atoms with Gasteiger partial charge >= 0.3 is 5.97 Å². The minimum absolute atomic E-state index is 0.0294. The van der Waals surface area contributed by atoms with Crippen molar-refractivity contribution in [3.05, 3.63) is 36.0 Å². The molecule has 0 aliphatic heterocycles. The Morgan fingerprint density at radius 2 is 1.37 bits per heavy atom. The highest BCUT2D eigenvalue weighted by atomic mass is 16.4. The fourth-order valence-electron chi connectivity index (χ4n) is 4.16. The Balaban J connectivity index is 2.26. The van der Waals surface area contributed by atoms with Crippen LogP contribution in [0.15, 0.2) is 40.4 Å². The number of nitrogens with zero attached hydrogens (tertiary/aromatic N) is 2. The maximum atomic E-state index is 13.5. The highest BCUT2D eigenvalue weighted by Gasteiger charge is 2.30. The number of aromatic amines is 1. The number of aliphatic hydroxyl groups is 1. The van der Waals surface area contributed by atoms with Gasteiger partial charge in [0.25, 0.3) is 0 Å². The number of carboxylic acid groups (broad SMARTS) is 1. The second kappa shape index (κ2) is 17.1. The maximum absolute atomic E-state index is 13.5. The van der Waals surface area contributed by atoms with Crippen molar-refractivity contribution in [3.63, 3.8) is 0 Å². The SMILES string of the molecule is NC(N)=NCCCC(N)C(=O)NC(CCCN=C(N)N)C(=O)NC(Cc1c[nH]c2ccccc12)C(=O)NC(CO)C(=O)O. The zero-order chi connectivity index (χ0) is 31.9. The number of hydrogen-bond acceptors (Lipinski definition) is 8. The van der Waals surface area contributed by atoms with E-state index < -0.39 is 54.5 Å². The largest absolute Gasteiger partial charge is 0.480 e. The van der Waals surface area contributed by atoms with Gasteiger partial charge in [0.2, 0.25) is 17.7 Å². The first-order chi connectivity index (χ1) is 20.4. The first-order valence-corrected chi connectivity index (χ1v) is 13.6. The number of amides is 3. The monoisotopic (exact) mass is 603 g/mol. The highest BCUT2D eigenvalue weighted by Crippen LogP contribution is 2.19.